The first-order valence-electron chi connectivity index (χ1n) is 7.97. The lowest BCUT2D eigenvalue weighted by atomic mass is 10.3. The van der Waals surface area contributed by atoms with Gasteiger partial charge in [-0.3, -0.25) is 19.0 Å². The Kier molecular flexibility index (Phi) is 5.20. The standard InChI is InChI=1S/C16H15F3N6O3/c1-24-8-11(14(23-24)15(27)20-7-10-3-2-6-28-10)21-13(26)9-25-5-4-12(22-25)16(17,18)19/h2-6,8H,7,9H2,1H3,(H,20,27)(H,21,26). The fraction of sp³-hybridized carbons (Fsp3) is 0.250. The Bertz CT molecular complexity index is 974. The second-order valence-corrected chi connectivity index (χ2v) is 5.77. The largest absolute Gasteiger partial charge is 0.467 e. The van der Waals surface area contributed by atoms with Crippen LogP contribution in [0.4, 0.5) is 18.9 Å². The summed E-state index contributed by atoms with van der Waals surface area (Å²) in [4.78, 5) is 24.4. The molecule has 0 aliphatic heterocycles. The Morgan fingerprint density at radius 2 is 2.04 bits per heavy atom. The van der Waals surface area contributed by atoms with Gasteiger partial charge in [-0.2, -0.15) is 23.4 Å². The van der Waals surface area contributed by atoms with E-state index in [1.165, 1.54) is 17.1 Å². The van der Waals surface area contributed by atoms with Crippen LogP contribution in [-0.2, 0) is 31.1 Å². The van der Waals surface area contributed by atoms with Gasteiger partial charge < -0.3 is 15.1 Å². The van der Waals surface area contributed by atoms with Crippen LogP contribution in [0.1, 0.15) is 21.9 Å². The highest BCUT2D eigenvalue weighted by atomic mass is 19.4. The molecule has 3 aromatic rings. The van der Waals surface area contributed by atoms with Crippen LogP contribution < -0.4 is 10.6 Å². The highest BCUT2D eigenvalue weighted by Gasteiger charge is 2.33. The van der Waals surface area contributed by atoms with Crippen LogP contribution >= 0.6 is 0 Å². The van der Waals surface area contributed by atoms with E-state index in [1.54, 1.807) is 19.2 Å². The molecule has 2 amide bonds. The molecule has 0 aromatic carbocycles. The lowest BCUT2D eigenvalue weighted by Crippen LogP contribution is -2.26. The van der Waals surface area contributed by atoms with E-state index in [4.69, 9.17) is 4.42 Å². The normalized spacial score (nSPS) is 11.4. The molecule has 3 heterocycles. The third-order valence-electron chi connectivity index (χ3n) is 3.56. The minimum atomic E-state index is -4.59. The molecule has 0 radical (unpaired) electrons. The van der Waals surface area contributed by atoms with Gasteiger partial charge in [0, 0.05) is 19.4 Å². The number of nitrogens with one attached hydrogen (secondary N) is 2. The van der Waals surface area contributed by atoms with Crippen molar-refractivity contribution in [3.8, 4) is 0 Å². The third kappa shape index (κ3) is 4.58. The van der Waals surface area contributed by atoms with Gasteiger partial charge in [-0.25, -0.2) is 0 Å². The second kappa shape index (κ2) is 7.58. The van der Waals surface area contributed by atoms with Crippen molar-refractivity contribution in [1.29, 1.82) is 0 Å². The molecule has 0 saturated heterocycles. The van der Waals surface area contributed by atoms with Crippen molar-refractivity contribution >= 4 is 17.5 Å². The first-order valence-corrected chi connectivity index (χ1v) is 7.97. The number of carbonyl (C=O) groups is 2. The average molecular weight is 396 g/mol. The van der Waals surface area contributed by atoms with Crippen molar-refractivity contribution in [2.75, 3.05) is 5.32 Å². The van der Waals surface area contributed by atoms with E-state index in [0.717, 1.165) is 16.9 Å². The summed E-state index contributed by atoms with van der Waals surface area (Å²) in [5.41, 5.74) is -1.02. The van der Waals surface area contributed by atoms with Gasteiger partial charge in [-0.15, -0.1) is 0 Å². The van der Waals surface area contributed by atoms with Gasteiger partial charge in [0.25, 0.3) is 5.91 Å². The van der Waals surface area contributed by atoms with Gasteiger partial charge >= 0.3 is 6.18 Å². The molecule has 0 fully saturated rings. The van der Waals surface area contributed by atoms with E-state index in [1.807, 2.05) is 0 Å². The Morgan fingerprint density at radius 1 is 1.25 bits per heavy atom. The molecule has 0 unspecified atom stereocenters. The topological polar surface area (TPSA) is 107 Å². The number of carbonyl (C=O) groups excluding carboxylic acids is 2. The smallest absolute Gasteiger partial charge is 0.435 e. The quantitative estimate of drug-likeness (QED) is 0.661. The van der Waals surface area contributed by atoms with Gasteiger partial charge in [0.2, 0.25) is 5.91 Å². The fourth-order valence-corrected chi connectivity index (χ4v) is 2.35. The van der Waals surface area contributed by atoms with E-state index < -0.39 is 30.2 Å². The zero-order valence-electron chi connectivity index (χ0n) is 14.5. The van der Waals surface area contributed by atoms with Crippen LogP contribution in [0.3, 0.4) is 0 Å². The fourth-order valence-electron chi connectivity index (χ4n) is 2.35. The molecular weight excluding hydrogens is 381 g/mol. The van der Waals surface area contributed by atoms with Crippen molar-refractivity contribution in [3.63, 3.8) is 0 Å². The summed E-state index contributed by atoms with van der Waals surface area (Å²) in [6.07, 6.45) is -0.676. The molecule has 148 valence electrons. The van der Waals surface area contributed by atoms with E-state index in [2.05, 4.69) is 20.8 Å². The van der Waals surface area contributed by atoms with Gasteiger partial charge in [0.1, 0.15) is 12.3 Å². The number of furan rings is 1. The maximum absolute atomic E-state index is 12.6. The monoisotopic (exact) mass is 396 g/mol. The molecule has 0 spiro atoms. The van der Waals surface area contributed by atoms with Crippen LogP contribution in [0.15, 0.2) is 41.3 Å². The molecule has 0 aliphatic carbocycles. The predicted octanol–water partition coefficient (Wildman–Crippen LogP) is 1.80. The number of anilines is 1. The van der Waals surface area contributed by atoms with Crippen LogP contribution in [0.5, 0.6) is 0 Å². The predicted molar refractivity (Wildman–Crippen MR) is 88.9 cm³/mol. The number of halogens is 3. The molecule has 0 saturated carbocycles. The zero-order valence-corrected chi connectivity index (χ0v) is 14.5. The summed E-state index contributed by atoms with van der Waals surface area (Å²) in [5.74, 6) is -0.676. The van der Waals surface area contributed by atoms with Gasteiger partial charge in [0.05, 0.1) is 18.5 Å². The SMILES string of the molecule is Cn1cc(NC(=O)Cn2ccc(C(F)(F)F)n2)c(C(=O)NCc2ccco2)n1. The lowest BCUT2D eigenvalue weighted by Gasteiger charge is -2.06. The number of hydrogen-bond acceptors (Lipinski definition) is 5. The average Bonchev–Trinajstić information content (AvgIpc) is 3.33. The number of aromatic nitrogens is 4. The summed E-state index contributed by atoms with van der Waals surface area (Å²) in [5, 5.41) is 12.3. The number of aryl methyl sites for hydroxylation is 1. The number of amides is 2. The molecule has 28 heavy (non-hydrogen) atoms. The maximum Gasteiger partial charge on any atom is 0.435 e. The number of rotatable bonds is 6. The summed E-state index contributed by atoms with van der Waals surface area (Å²) in [7, 11) is 1.56. The Hall–Kier alpha value is -3.57. The Morgan fingerprint density at radius 3 is 2.68 bits per heavy atom. The lowest BCUT2D eigenvalue weighted by molar-refractivity contribution is -0.141. The van der Waals surface area contributed by atoms with E-state index in [0.29, 0.717) is 5.76 Å². The molecule has 0 aliphatic rings. The number of alkyl halides is 3. The van der Waals surface area contributed by atoms with Crippen LogP contribution in [0.2, 0.25) is 0 Å². The Labute approximate surface area is 156 Å². The Balaban J connectivity index is 1.64. The van der Waals surface area contributed by atoms with Crippen LogP contribution in [-0.4, -0.2) is 31.4 Å². The minimum Gasteiger partial charge on any atom is -0.467 e. The van der Waals surface area contributed by atoms with Crippen molar-refractivity contribution in [2.24, 2.45) is 7.05 Å². The third-order valence-corrected chi connectivity index (χ3v) is 3.56. The minimum absolute atomic E-state index is 0.0427. The molecule has 9 nitrogen and oxygen atoms in total. The summed E-state index contributed by atoms with van der Waals surface area (Å²) in [6.45, 7) is -0.332. The summed E-state index contributed by atoms with van der Waals surface area (Å²) >= 11 is 0. The number of nitrogens with zero attached hydrogens (tertiary/aromatic N) is 4. The van der Waals surface area contributed by atoms with Gasteiger partial charge in [-0.05, 0) is 18.2 Å². The second-order valence-electron chi connectivity index (χ2n) is 5.77. The summed E-state index contributed by atoms with van der Waals surface area (Å²) < 4.78 is 45.0. The molecule has 3 rings (SSSR count). The number of hydrogen-bond donors (Lipinski definition) is 2. The van der Waals surface area contributed by atoms with Gasteiger partial charge in [0.15, 0.2) is 11.4 Å². The van der Waals surface area contributed by atoms with E-state index in [-0.39, 0.29) is 17.9 Å². The molecule has 0 atom stereocenters. The van der Waals surface area contributed by atoms with Crippen molar-refractivity contribution < 1.29 is 27.2 Å². The van der Waals surface area contributed by atoms with Crippen LogP contribution in [0, 0.1) is 0 Å². The van der Waals surface area contributed by atoms with Crippen molar-refractivity contribution in [2.45, 2.75) is 19.3 Å². The van der Waals surface area contributed by atoms with Crippen molar-refractivity contribution in [1.82, 2.24) is 24.9 Å². The first-order chi connectivity index (χ1) is 13.2. The molecule has 3 aromatic heterocycles. The van der Waals surface area contributed by atoms with Gasteiger partial charge in [-0.1, -0.05) is 0 Å². The molecule has 2 N–H and O–H groups in total. The van der Waals surface area contributed by atoms with E-state index >= 15 is 0 Å². The molecular formula is C16H15F3N6O3. The summed E-state index contributed by atoms with van der Waals surface area (Å²) in [6, 6.07) is 4.12. The maximum atomic E-state index is 12.6. The van der Waals surface area contributed by atoms with E-state index in [9.17, 15) is 22.8 Å². The molecule has 0 bridgehead atoms. The van der Waals surface area contributed by atoms with Crippen molar-refractivity contribution in [3.05, 3.63) is 54.0 Å². The highest BCUT2D eigenvalue weighted by Crippen LogP contribution is 2.27. The first kappa shape index (κ1) is 19.2. The highest BCUT2D eigenvalue weighted by molar-refractivity contribution is 6.02. The van der Waals surface area contributed by atoms with Crippen LogP contribution in [0.25, 0.3) is 0 Å². The molecule has 12 heteroatoms. The zero-order chi connectivity index (χ0) is 20.3.